The van der Waals surface area contributed by atoms with E-state index in [4.69, 9.17) is 9.47 Å². The lowest BCUT2D eigenvalue weighted by atomic mass is 10.1. The van der Waals surface area contributed by atoms with Gasteiger partial charge in [0.05, 0.1) is 13.1 Å². The maximum absolute atomic E-state index is 5.37. The smallest absolute Gasteiger partial charge is 0.193 e. The van der Waals surface area contributed by atoms with Crippen molar-refractivity contribution in [1.82, 2.24) is 10.2 Å². The Morgan fingerprint density at radius 3 is 2.21 bits per heavy atom. The van der Waals surface area contributed by atoms with Crippen LogP contribution >= 0.6 is 0 Å². The molecule has 14 heavy (non-hydrogen) atoms. The predicted molar refractivity (Wildman–Crippen MR) is 52.0 cm³/mol. The number of piperidine rings is 1. The van der Waals surface area contributed by atoms with E-state index in [0.717, 1.165) is 31.0 Å². The number of hydrogen-bond acceptors (Lipinski definition) is 4. The third-order valence-electron chi connectivity index (χ3n) is 4.10. The second-order valence-electron chi connectivity index (χ2n) is 4.70. The Labute approximate surface area is 84.5 Å². The fourth-order valence-corrected chi connectivity index (χ4v) is 3.05. The van der Waals surface area contributed by atoms with Crippen LogP contribution in [-0.2, 0) is 9.47 Å². The summed E-state index contributed by atoms with van der Waals surface area (Å²) in [7, 11) is 3.46. The molecule has 4 heteroatoms. The lowest BCUT2D eigenvalue weighted by Crippen LogP contribution is -2.65. The Morgan fingerprint density at radius 2 is 1.71 bits per heavy atom. The first-order chi connectivity index (χ1) is 6.79. The molecule has 0 aromatic heterocycles. The summed E-state index contributed by atoms with van der Waals surface area (Å²) in [5.74, 6) is 1.51. The zero-order chi connectivity index (χ0) is 9.76. The molecule has 0 bridgehead atoms. The Kier molecular flexibility index (Phi) is 1.89. The normalized spacial score (nSPS) is 44.6. The van der Waals surface area contributed by atoms with E-state index >= 15 is 0 Å². The van der Waals surface area contributed by atoms with Gasteiger partial charge in [-0.1, -0.05) is 0 Å². The number of nitrogens with zero attached hydrogens (tertiary/aromatic N) is 1. The molecule has 2 atom stereocenters. The fraction of sp³-hybridized carbons (Fsp3) is 1.00. The van der Waals surface area contributed by atoms with Crippen LogP contribution in [0.4, 0.5) is 0 Å². The summed E-state index contributed by atoms with van der Waals surface area (Å²) in [5, 5.41) is 3.41. The van der Waals surface area contributed by atoms with Crippen LogP contribution in [0.25, 0.3) is 0 Å². The van der Waals surface area contributed by atoms with Crippen LogP contribution in [0.3, 0.4) is 0 Å². The second kappa shape index (κ2) is 2.92. The van der Waals surface area contributed by atoms with Gasteiger partial charge in [0.2, 0.25) is 0 Å². The fourth-order valence-electron chi connectivity index (χ4n) is 3.05. The number of nitrogens with one attached hydrogen (secondary N) is 1. The number of likely N-dealkylation sites (tertiary alicyclic amines) is 1. The third kappa shape index (κ3) is 1.08. The van der Waals surface area contributed by atoms with Gasteiger partial charge < -0.3 is 14.8 Å². The van der Waals surface area contributed by atoms with Gasteiger partial charge in [-0.05, 0) is 24.9 Å². The molecule has 1 N–H and O–H groups in total. The van der Waals surface area contributed by atoms with Crippen molar-refractivity contribution in [3.8, 4) is 0 Å². The highest BCUT2D eigenvalue weighted by Gasteiger charge is 2.61. The topological polar surface area (TPSA) is 33.7 Å². The molecule has 0 amide bonds. The molecule has 1 aliphatic carbocycles. The van der Waals surface area contributed by atoms with Gasteiger partial charge in [-0.15, -0.1) is 0 Å². The summed E-state index contributed by atoms with van der Waals surface area (Å²) in [6.45, 7) is 4.30. The maximum Gasteiger partial charge on any atom is 0.193 e. The summed E-state index contributed by atoms with van der Waals surface area (Å²) in [6, 6.07) is 0.815. The molecule has 2 saturated heterocycles. The van der Waals surface area contributed by atoms with E-state index in [1.165, 1.54) is 13.1 Å². The molecule has 3 fully saturated rings. The minimum Gasteiger partial charge on any atom is -0.351 e. The van der Waals surface area contributed by atoms with E-state index in [0.29, 0.717) is 0 Å². The SMILES string of the molecule is COC1(OC)CN(C2C3CNCC32)C1. The van der Waals surface area contributed by atoms with Crippen LogP contribution in [-0.4, -0.2) is 57.1 Å². The molecule has 80 valence electrons. The maximum atomic E-state index is 5.37. The molecule has 0 radical (unpaired) electrons. The van der Waals surface area contributed by atoms with Crippen LogP contribution in [0.1, 0.15) is 0 Å². The molecule has 0 spiro atoms. The number of rotatable bonds is 3. The van der Waals surface area contributed by atoms with Crippen LogP contribution in [0.2, 0.25) is 0 Å². The number of hydrogen-bond donors (Lipinski definition) is 1. The highest BCUT2D eigenvalue weighted by atomic mass is 16.7. The van der Waals surface area contributed by atoms with E-state index in [1.54, 1.807) is 14.2 Å². The number of fused-ring (bicyclic) bond motifs is 1. The molecule has 2 unspecified atom stereocenters. The molecule has 2 aliphatic heterocycles. The molecular formula is C10H18N2O2. The second-order valence-corrected chi connectivity index (χ2v) is 4.70. The first kappa shape index (κ1) is 9.09. The van der Waals surface area contributed by atoms with Gasteiger partial charge in [-0.25, -0.2) is 0 Å². The predicted octanol–water partition coefficient (Wildman–Crippen LogP) is -0.491. The minimum atomic E-state index is -0.301. The van der Waals surface area contributed by atoms with E-state index in [9.17, 15) is 0 Å². The zero-order valence-electron chi connectivity index (χ0n) is 8.82. The third-order valence-corrected chi connectivity index (χ3v) is 4.10. The number of methoxy groups -OCH3 is 2. The number of ether oxygens (including phenoxy) is 2. The lowest BCUT2D eigenvalue weighted by Gasteiger charge is -2.48. The average Bonchev–Trinajstić information content (AvgIpc) is 2.62. The summed E-state index contributed by atoms with van der Waals surface area (Å²) >= 11 is 0. The van der Waals surface area contributed by atoms with Crippen molar-refractivity contribution in [2.45, 2.75) is 11.8 Å². The van der Waals surface area contributed by atoms with Gasteiger partial charge >= 0.3 is 0 Å². The molecule has 2 heterocycles. The van der Waals surface area contributed by atoms with E-state index in [-0.39, 0.29) is 5.79 Å². The van der Waals surface area contributed by atoms with Gasteiger partial charge in [0.1, 0.15) is 0 Å². The van der Waals surface area contributed by atoms with Crippen molar-refractivity contribution in [1.29, 1.82) is 0 Å². The minimum absolute atomic E-state index is 0.301. The highest BCUT2D eigenvalue weighted by molar-refractivity contribution is 5.13. The van der Waals surface area contributed by atoms with Crippen molar-refractivity contribution < 1.29 is 9.47 Å². The lowest BCUT2D eigenvalue weighted by molar-refractivity contribution is -0.278. The first-order valence-electron chi connectivity index (χ1n) is 5.35. The Bertz CT molecular complexity index is 224. The quantitative estimate of drug-likeness (QED) is 0.620. The molecular weight excluding hydrogens is 180 g/mol. The van der Waals surface area contributed by atoms with Crippen LogP contribution in [0.15, 0.2) is 0 Å². The summed E-state index contributed by atoms with van der Waals surface area (Å²) < 4.78 is 10.7. The molecule has 4 nitrogen and oxygen atoms in total. The van der Waals surface area contributed by atoms with Crippen molar-refractivity contribution in [2.75, 3.05) is 40.4 Å². The van der Waals surface area contributed by atoms with Gasteiger partial charge in [0.25, 0.3) is 0 Å². The standard InChI is InChI=1S/C10H18N2O2/c1-13-10(14-2)5-12(6-10)9-7-3-11-4-8(7)9/h7-9,11H,3-6H2,1-2H3. The average molecular weight is 198 g/mol. The summed E-state index contributed by atoms with van der Waals surface area (Å²) in [6.07, 6.45) is 0. The largest absolute Gasteiger partial charge is 0.351 e. The molecule has 3 rings (SSSR count). The summed E-state index contributed by atoms with van der Waals surface area (Å²) in [5.41, 5.74) is 0. The van der Waals surface area contributed by atoms with Crippen LogP contribution < -0.4 is 5.32 Å². The molecule has 0 aromatic carbocycles. The van der Waals surface area contributed by atoms with E-state index in [1.807, 2.05) is 0 Å². The molecule has 0 aromatic rings. The highest BCUT2D eigenvalue weighted by Crippen LogP contribution is 2.48. The first-order valence-corrected chi connectivity index (χ1v) is 5.35. The van der Waals surface area contributed by atoms with Crippen molar-refractivity contribution in [3.63, 3.8) is 0 Å². The van der Waals surface area contributed by atoms with Crippen molar-refractivity contribution in [2.24, 2.45) is 11.8 Å². The van der Waals surface area contributed by atoms with Gasteiger partial charge in [-0.2, -0.15) is 0 Å². The summed E-state index contributed by atoms with van der Waals surface area (Å²) in [4.78, 5) is 2.50. The van der Waals surface area contributed by atoms with E-state index < -0.39 is 0 Å². The van der Waals surface area contributed by atoms with Crippen LogP contribution in [0.5, 0.6) is 0 Å². The van der Waals surface area contributed by atoms with Crippen molar-refractivity contribution in [3.05, 3.63) is 0 Å². The Hall–Kier alpha value is -0.160. The van der Waals surface area contributed by atoms with Gasteiger partial charge in [0.15, 0.2) is 5.79 Å². The Morgan fingerprint density at radius 1 is 1.14 bits per heavy atom. The zero-order valence-corrected chi connectivity index (χ0v) is 8.82. The van der Waals surface area contributed by atoms with Gasteiger partial charge in [-0.3, -0.25) is 4.90 Å². The van der Waals surface area contributed by atoms with Gasteiger partial charge in [0, 0.05) is 20.3 Å². The molecule has 3 aliphatic rings. The van der Waals surface area contributed by atoms with Crippen LogP contribution in [0, 0.1) is 11.8 Å². The Balaban J connectivity index is 1.55. The van der Waals surface area contributed by atoms with E-state index in [2.05, 4.69) is 10.2 Å². The monoisotopic (exact) mass is 198 g/mol. The molecule has 1 saturated carbocycles. The van der Waals surface area contributed by atoms with Crippen molar-refractivity contribution >= 4 is 0 Å².